The van der Waals surface area contributed by atoms with Crippen LogP contribution in [0.3, 0.4) is 0 Å². The fourth-order valence-corrected chi connectivity index (χ4v) is 3.57. The molecule has 138 valence electrons. The highest BCUT2D eigenvalue weighted by Gasteiger charge is 2.13. The van der Waals surface area contributed by atoms with Crippen LogP contribution in [-0.4, -0.2) is 18.7 Å². The lowest BCUT2D eigenvalue weighted by atomic mass is 10.0. The normalized spacial score (nSPS) is 10.6. The van der Waals surface area contributed by atoms with Crippen LogP contribution in [0.5, 0.6) is 0 Å². The molecule has 0 saturated heterocycles. The Balaban J connectivity index is 1.62. The first-order chi connectivity index (χ1) is 13.1. The molecule has 0 radical (unpaired) electrons. The second-order valence-corrected chi connectivity index (χ2v) is 7.19. The highest BCUT2D eigenvalue weighted by atomic mass is 32.1. The highest BCUT2D eigenvalue weighted by Crippen LogP contribution is 2.23. The van der Waals surface area contributed by atoms with Crippen LogP contribution in [0, 0.1) is 11.6 Å². The summed E-state index contributed by atoms with van der Waals surface area (Å²) >= 11 is 1.42. The molecule has 0 atom stereocenters. The van der Waals surface area contributed by atoms with Crippen molar-refractivity contribution in [3.05, 3.63) is 81.5 Å². The van der Waals surface area contributed by atoms with Gasteiger partial charge in [0.1, 0.15) is 11.6 Å². The van der Waals surface area contributed by atoms with E-state index in [0.717, 1.165) is 17.6 Å². The van der Waals surface area contributed by atoms with Crippen molar-refractivity contribution in [2.24, 2.45) is 0 Å². The number of nitrogens with one attached hydrogen (secondary N) is 1. The van der Waals surface area contributed by atoms with Crippen LogP contribution in [0.25, 0.3) is 11.1 Å². The molecule has 2 aromatic carbocycles. The molecule has 0 fully saturated rings. The third kappa shape index (κ3) is 4.86. The average Bonchev–Trinajstić information content (AvgIpc) is 3.13. The van der Waals surface area contributed by atoms with Crippen molar-refractivity contribution >= 4 is 23.5 Å². The van der Waals surface area contributed by atoms with Gasteiger partial charge in [-0.3, -0.25) is 9.59 Å². The number of thiophene rings is 1. The van der Waals surface area contributed by atoms with Crippen LogP contribution < -0.4 is 5.32 Å². The second kappa shape index (κ2) is 8.68. The molecular formula is C21H17F2NO2S. The Kier molecular flexibility index (Phi) is 6.08. The fourth-order valence-electron chi connectivity index (χ4n) is 2.70. The highest BCUT2D eigenvalue weighted by molar-refractivity contribution is 7.13. The molecule has 1 amide bonds. The van der Waals surface area contributed by atoms with Crippen molar-refractivity contribution in [1.82, 2.24) is 5.32 Å². The predicted octanol–water partition coefficient (Wildman–Crippen LogP) is 4.87. The van der Waals surface area contributed by atoms with Crippen molar-refractivity contribution in [3.8, 4) is 11.1 Å². The Morgan fingerprint density at radius 3 is 2.59 bits per heavy atom. The van der Waals surface area contributed by atoms with Gasteiger partial charge in [0.2, 0.25) is 0 Å². The quantitative estimate of drug-likeness (QED) is 0.466. The van der Waals surface area contributed by atoms with Gasteiger partial charge in [-0.05, 0) is 60.4 Å². The number of hydrogen-bond donors (Lipinski definition) is 1. The van der Waals surface area contributed by atoms with E-state index < -0.39 is 17.5 Å². The van der Waals surface area contributed by atoms with Gasteiger partial charge in [-0.15, -0.1) is 11.3 Å². The second-order valence-electron chi connectivity index (χ2n) is 5.99. The van der Waals surface area contributed by atoms with Gasteiger partial charge in [0.15, 0.2) is 6.29 Å². The van der Waals surface area contributed by atoms with Crippen LogP contribution in [0.4, 0.5) is 8.78 Å². The molecule has 27 heavy (non-hydrogen) atoms. The maximum atomic E-state index is 14.1. The molecule has 0 aliphatic carbocycles. The number of carbonyl (C=O) groups excluding carboxylic acids is 2. The molecule has 3 aromatic rings. The topological polar surface area (TPSA) is 46.2 Å². The Morgan fingerprint density at radius 1 is 1.04 bits per heavy atom. The third-order valence-corrected chi connectivity index (χ3v) is 5.12. The first-order valence-electron chi connectivity index (χ1n) is 8.44. The molecule has 1 N–H and O–H groups in total. The van der Waals surface area contributed by atoms with Crippen LogP contribution in [0.2, 0.25) is 0 Å². The predicted molar refractivity (Wildman–Crippen MR) is 102 cm³/mol. The molecule has 1 heterocycles. The minimum atomic E-state index is -0.624. The van der Waals surface area contributed by atoms with Gasteiger partial charge in [0.05, 0.1) is 10.4 Å². The summed E-state index contributed by atoms with van der Waals surface area (Å²) in [7, 11) is 0. The van der Waals surface area contributed by atoms with Crippen molar-refractivity contribution in [2.45, 2.75) is 12.8 Å². The van der Waals surface area contributed by atoms with Gasteiger partial charge >= 0.3 is 0 Å². The fraction of sp³-hybridized carbons (Fsp3) is 0.143. The lowest BCUT2D eigenvalue weighted by molar-refractivity contribution is 0.0949. The summed E-state index contributed by atoms with van der Waals surface area (Å²) in [6, 6.07) is 13.7. The smallest absolute Gasteiger partial charge is 0.254 e. The van der Waals surface area contributed by atoms with Crippen LogP contribution in [0.1, 0.15) is 31.3 Å². The third-order valence-electron chi connectivity index (χ3n) is 4.05. The van der Waals surface area contributed by atoms with Crippen molar-refractivity contribution in [1.29, 1.82) is 0 Å². The van der Waals surface area contributed by atoms with E-state index in [0.29, 0.717) is 29.0 Å². The number of carbonyl (C=O) groups is 2. The van der Waals surface area contributed by atoms with Gasteiger partial charge in [-0.1, -0.05) is 18.2 Å². The number of benzene rings is 2. The summed E-state index contributed by atoms with van der Waals surface area (Å²) in [5.41, 5.74) is 1.07. The largest absolute Gasteiger partial charge is 0.352 e. The summed E-state index contributed by atoms with van der Waals surface area (Å²) in [6.45, 7) is 0.386. The summed E-state index contributed by atoms with van der Waals surface area (Å²) in [6.07, 6.45) is 2.21. The van der Waals surface area contributed by atoms with E-state index in [2.05, 4.69) is 5.32 Å². The minimum absolute atomic E-state index is 0.0730. The number of amides is 1. The summed E-state index contributed by atoms with van der Waals surface area (Å²) < 4.78 is 27.5. The Hall–Kier alpha value is -2.86. The number of aryl methyl sites for hydroxylation is 1. The van der Waals surface area contributed by atoms with Crippen LogP contribution >= 0.6 is 11.3 Å². The van der Waals surface area contributed by atoms with E-state index in [1.165, 1.54) is 41.7 Å². The molecule has 0 saturated carbocycles. The van der Waals surface area contributed by atoms with Crippen LogP contribution in [0.15, 0.2) is 54.6 Å². The first-order valence-corrected chi connectivity index (χ1v) is 9.26. The molecule has 0 spiro atoms. The van der Waals surface area contributed by atoms with E-state index in [-0.39, 0.29) is 5.56 Å². The molecule has 0 unspecified atom stereocenters. The maximum Gasteiger partial charge on any atom is 0.254 e. The molecule has 1 aromatic heterocycles. The summed E-state index contributed by atoms with van der Waals surface area (Å²) in [4.78, 5) is 24.7. The molecule has 6 heteroatoms. The lowest BCUT2D eigenvalue weighted by Gasteiger charge is -2.08. The van der Waals surface area contributed by atoms with Gasteiger partial charge in [-0.25, -0.2) is 8.78 Å². The lowest BCUT2D eigenvalue weighted by Crippen LogP contribution is -2.25. The zero-order valence-corrected chi connectivity index (χ0v) is 15.2. The van der Waals surface area contributed by atoms with E-state index >= 15 is 0 Å². The average molecular weight is 385 g/mol. The van der Waals surface area contributed by atoms with Gasteiger partial charge in [-0.2, -0.15) is 0 Å². The first kappa shape index (κ1) is 18.9. The van der Waals surface area contributed by atoms with E-state index in [1.54, 1.807) is 18.2 Å². The van der Waals surface area contributed by atoms with Crippen molar-refractivity contribution in [2.75, 3.05) is 6.54 Å². The van der Waals surface area contributed by atoms with Crippen molar-refractivity contribution < 1.29 is 18.4 Å². The molecule has 0 aliphatic rings. The van der Waals surface area contributed by atoms with Gasteiger partial charge < -0.3 is 5.32 Å². The summed E-state index contributed by atoms with van der Waals surface area (Å²) in [5, 5.41) is 2.70. The molecule has 3 nitrogen and oxygen atoms in total. The maximum absolute atomic E-state index is 14.1. The van der Waals surface area contributed by atoms with Crippen LogP contribution in [-0.2, 0) is 6.42 Å². The SMILES string of the molecule is O=Cc1ccc(CCCNC(=O)c2cc(-c3cccc(F)c3)ccc2F)s1. The van der Waals surface area contributed by atoms with Crippen molar-refractivity contribution in [3.63, 3.8) is 0 Å². The monoisotopic (exact) mass is 385 g/mol. The molecule has 0 bridgehead atoms. The van der Waals surface area contributed by atoms with Gasteiger partial charge in [0, 0.05) is 11.4 Å². The Bertz CT molecular complexity index is 968. The minimum Gasteiger partial charge on any atom is -0.352 e. The molecule has 0 aliphatic heterocycles. The molecule has 3 rings (SSSR count). The van der Waals surface area contributed by atoms with E-state index in [9.17, 15) is 18.4 Å². The standard InChI is InChI=1S/C21H17F2NO2S/c22-16-4-1-3-14(11-16)15-6-9-20(23)19(12-15)21(26)24-10-2-5-17-7-8-18(13-25)27-17/h1,3-4,6-9,11-13H,2,5,10H2,(H,24,26). The Morgan fingerprint density at radius 2 is 1.85 bits per heavy atom. The summed E-state index contributed by atoms with van der Waals surface area (Å²) in [5.74, 6) is -1.53. The number of aldehydes is 1. The number of halogens is 2. The number of hydrogen-bond acceptors (Lipinski definition) is 3. The zero-order chi connectivity index (χ0) is 19.2. The zero-order valence-electron chi connectivity index (χ0n) is 14.4. The van der Waals surface area contributed by atoms with E-state index in [1.807, 2.05) is 6.07 Å². The Labute approximate surface area is 159 Å². The van der Waals surface area contributed by atoms with E-state index in [4.69, 9.17) is 0 Å². The van der Waals surface area contributed by atoms with Gasteiger partial charge in [0.25, 0.3) is 5.91 Å². The number of rotatable bonds is 7. The molecular weight excluding hydrogens is 368 g/mol.